The molecular formula is C9H17NaO3. The third kappa shape index (κ3) is 4.45. The van der Waals surface area contributed by atoms with E-state index in [0.717, 1.165) is 12.8 Å². The van der Waals surface area contributed by atoms with Crippen molar-refractivity contribution in [3.8, 4) is 0 Å². The minimum Gasteiger partial charge on any atom is -0.547 e. The van der Waals surface area contributed by atoms with Crippen molar-refractivity contribution in [3.05, 3.63) is 0 Å². The van der Waals surface area contributed by atoms with Crippen LogP contribution in [0.4, 0.5) is 0 Å². The fourth-order valence-electron chi connectivity index (χ4n) is 1.42. The third-order valence-electron chi connectivity index (χ3n) is 2.07. The van der Waals surface area contributed by atoms with Gasteiger partial charge in [-0.2, -0.15) is 0 Å². The molecule has 0 fully saturated rings. The number of hydrogen-bond donors (Lipinski definition) is 0. The standard InChI is InChI=1S/C9H18O3.Na/c1-4-6-9(12-3,7-5-2)8(10)11;/h4-7H2,1-3H3,(H,10,11);/q;+1/p-1. The predicted molar refractivity (Wildman–Crippen MR) is 44.6 cm³/mol. The minimum atomic E-state index is -1.09. The molecule has 0 aliphatic rings. The third-order valence-corrected chi connectivity index (χ3v) is 2.07. The molecule has 0 N–H and O–H groups in total. The van der Waals surface area contributed by atoms with Crippen molar-refractivity contribution in [1.82, 2.24) is 0 Å². The smallest absolute Gasteiger partial charge is 0.547 e. The van der Waals surface area contributed by atoms with Crippen LogP contribution in [-0.4, -0.2) is 18.7 Å². The van der Waals surface area contributed by atoms with Crippen molar-refractivity contribution in [2.75, 3.05) is 7.11 Å². The number of hydrogen-bond acceptors (Lipinski definition) is 3. The first-order chi connectivity index (χ1) is 5.63. The van der Waals surface area contributed by atoms with Crippen molar-refractivity contribution in [3.63, 3.8) is 0 Å². The zero-order valence-corrected chi connectivity index (χ0v) is 11.1. The molecule has 0 atom stereocenters. The molecule has 0 spiro atoms. The minimum absolute atomic E-state index is 0. The van der Waals surface area contributed by atoms with Crippen LogP contribution in [0.3, 0.4) is 0 Å². The number of ether oxygens (including phenoxy) is 1. The topological polar surface area (TPSA) is 49.4 Å². The van der Waals surface area contributed by atoms with Crippen LogP contribution in [0.25, 0.3) is 0 Å². The van der Waals surface area contributed by atoms with Crippen molar-refractivity contribution in [2.45, 2.75) is 45.1 Å². The van der Waals surface area contributed by atoms with E-state index in [1.807, 2.05) is 13.8 Å². The van der Waals surface area contributed by atoms with Crippen molar-refractivity contribution < 1.29 is 44.2 Å². The van der Waals surface area contributed by atoms with E-state index >= 15 is 0 Å². The summed E-state index contributed by atoms with van der Waals surface area (Å²) in [5.41, 5.74) is -1.05. The van der Waals surface area contributed by atoms with E-state index in [-0.39, 0.29) is 29.6 Å². The SMILES string of the molecule is CCCC(CCC)(OC)C(=O)[O-].[Na+]. The first-order valence-electron chi connectivity index (χ1n) is 4.39. The van der Waals surface area contributed by atoms with Crippen molar-refractivity contribution in [2.24, 2.45) is 0 Å². The molecule has 3 nitrogen and oxygen atoms in total. The van der Waals surface area contributed by atoms with E-state index in [4.69, 9.17) is 4.74 Å². The van der Waals surface area contributed by atoms with Gasteiger partial charge in [-0.25, -0.2) is 0 Å². The maximum atomic E-state index is 10.8. The Morgan fingerprint density at radius 2 is 1.69 bits per heavy atom. The summed E-state index contributed by atoms with van der Waals surface area (Å²) in [5, 5.41) is 10.8. The number of carboxylic acid groups (broad SMARTS) is 1. The van der Waals surface area contributed by atoms with Gasteiger partial charge < -0.3 is 14.6 Å². The van der Waals surface area contributed by atoms with Crippen LogP contribution < -0.4 is 34.7 Å². The first-order valence-corrected chi connectivity index (χ1v) is 4.39. The zero-order valence-electron chi connectivity index (χ0n) is 9.05. The van der Waals surface area contributed by atoms with Gasteiger partial charge in [-0.05, 0) is 12.8 Å². The molecule has 4 heteroatoms. The van der Waals surface area contributed by atoms with Gasteiger partial charge in [0.2, 0.25) is 0 Å². The molecule has 0 rings (SSSR count). The van der Waals surface area contributed by atoms with Gasteiger partial charge in [0.1, 0.15) is 5.60 Å². The molecule has 72 valence electrons. The van der Waals surface area contributed by atoms with Crippen LogP contribution in [0.15, 0.2) is 0 Å². The second-order valence-corrected chi connectivity index (χ2v) is 2.99. The summed E-state index contributed by atoms with van der Waals surface area (Å²) >= 11 is 0. The van der Waals surface area contributed by atoms with Crippen molar-refractivity contribution in [1.29, 1.82) is 0 Å². The van der Waals surface area contributed by atoms with Gasteiger partial charge in [-0.1, -0.05) is 26.7 Å². The van der Waals surface area contributed by atoms with Gasteiger partial charge in [-0.3, -0.25) is 0 Å². The summed E-state index contributed by atoms with van der Waals surface area (Å²) in [4.78, 5) is 10.8. The van der Waals surface area contributed by atoms with E-state index in [1.54, 1.807) is 0 Å². The van der Waals surface area contributed by atoms with E-state index in [1.165, 1.54) is 7.11 Å². The number of carbonyl (C=O) groups is 1. The summed E-state index contributed by atoms with van der Waals surface area (Å²) in [6.45, 7) is 3.87. The van der Waals surface area contributed by atoms with E-state index < -0.39 is 11.6 Å². The van der Waals surface area contributed by atoms with Gasteiger partial charge in [0.25, 0.3) is 0 Å². The van der Waals surface area contributed by atoms with Crippen molar-refractivity contribution >= 4 is 5.97 Å². The Morgan fingerprint density at radius 1 is 1.31 bits per heavy atom. The molecule has 0 aromatic carbocycles. The summed E-state index contributed by atoms with van der Waals surface area (Å²) in [6.07, 6.45) is 2.64. The monoisotopic (exact) mass is 196 g/mol. The van der Waals surface area contributed by atoms with Gasteiger partial charge in [0.15, 0.2) is 0 Å². The Kier molecular flexibility index (Phi) is 9.53. The molecule has 0 saturated carbocycles. The fourth-order valence-corrected chi connectivity index (χ4v) is 1.42. The Hall–Kier alpha value is 0.430. The van der Waals surface area contributed by atoms with Crippen LogP contribution in [0.2, 0.25) is 0 Å². The molecule has 0 bridgehead atoms. The van der Waals surface area contributed by atoms with Crippen LogP contribution >= 0.6 is 0 Å². The van der Waals surface area contributed by atoms with E-state index in [2.05, 4.69) is 0 Å². The summed E-state index contributed by atoms with van der Waals surface area (Å²) < 4.78 is 5.02. The molecule has 13 heavy (non-hydrogen) atoms. The second kappa shape index (κ2) is 7.80. The molecule has 0 unspecified atom stereocenters. The average Bonchev–Trinajstić information content (AvgIpc) is 2.03. The summed E-state index contributed by atoms with van der Waals surface area (Å²) in [7, 11) is 1.43. The summed E-state index contributed by atoms with van der Waals surface area (Å²) in [5.74, 6) is -1.09. The zero-order chi connectivity index (χ0) is 9.61. The van der Waals surface area contributed by atoms with Gasteiger partial charge in [0.05, 0.1) is 5.97 Å². The number of aliphatic carboxylic acids is 1. The number of carboxylic acids is 1. The quantitative estimate of drug-likeness (QED) is 0.450. The first kappa shape index (κ1) is 15.9. The van der Waals surface area contributed by atoms with Crippen LogP contribution in [-0.2, 0) is 9.53 Å². The van der Waals surface area contributed by atoms with Crippen LogP contribution in [0, 0.1) is 0 Å². The Morgan fingerprint density at radius 3 is 1.85 bits per heavy atom. The largest absolute Gasteiger partial charge is 1.00 e. The molecule has 0 aromatic rings. The van der Waals surface area contributed by atoms with E-state index in [9.17, 15) is 9.90 Å². The molecule has 0 amide bonds. The number of rotatable bonds is 6. The molecule has 0 aliphatic heterocycles. The van der Waals surface area contributed by atoms with Gasteiger partial charge in [0, 0.05) is 7.11 Å². The normalized spacial score (nSPS) is 10.7. The Balaban J connectivity index is 0. The van der Waals surface area contributed by atoms with Gasteiger partial charge >= 0.3 is 29.6 Å². The Bertz CT molecular complexity index is 142. The molecular weight excluding hydrogens is 179 g/mol. The van der Waals surface area contributed by atoms with Crippen LogP contribution in [0.1, 0.15) is 39.5 Å². The molecule has 0 radical (unpaired) electrons. The maximum Gasteiger partial charge on any atom is 1.00 e. The number of carbonyl (C=O) groups excluding carboxylic acids is 1. The maximum absolute atomic E-state index is 10.8. The van der Waals surface area contributed by atoms with Crippen LogP contribution in [0.5, 0.6) is 0 Å². The predicted octanol–water partition coefficient (Wildman–Crippen LogP) is -2.27. The molecule has 0 saturated heterocycles. The Labute approximate surface area is 102 Å². The second-order valence-electron chi connectivity index (χ2n) is 2.99. The molecule has 0 heterocycles. The summed E-state index contributed by atoms with van der Waals surface area (Å²) in [6, 6.07) is 0. The molecule has 0 aliphatic carbocycles. The number of methoxy groups -OCH3 is 1. The van der Waals surface area contributed by atoms with Gasteiger partial charge in [-0.15, -0.1) is 0 Å². The fraction of sp³-hybridized carbons (Fsp3) is 0.889. The molecule has 0 aromatic heterocycles. The average molecular weight is 196 g/mol. The van der Waals surface area contributed by atoms with E-state index in [0.29, 0.717) is 12.8 Å².